The lowest BCUT2D eigenvalue weighted by atomic mass is 10.2. The second-order valence-electron chi connectivity index (χ2n) is 5.75. The second kappa shape index (κ2) is 8.17. The Kier molecular flexibility index (Phi) is 6.23. The summed E-state index contributed by atoms with van der Waals surface area (Å²) in [5, 5.41) is 0. The predicted octanol–water partition coefficient (Wildman–Crippen LogP) is 2.89. The molecule has 1 N–H and O–H groups in total. The molecular weight excluding hydrogens is 326 g/mol. The number of sulfonamides is 1. The first-order chi connectivity index (χ1) is 11.4. The van der Waals surface area contributed by atoms with Crippen LogP contribution < -0.4 is 14.2 Å². The molecule has 0 bridgehead atoms. The minimum atomic E-state index is -3.41. The van der Waals surface area contributed by atoms with Crippen molar-refractivity contribution < 1.29 is 17.9 Å². The van der Waals surface area contributed by atoms with Crippen LogP contribution in [-0.2, 0) is 15.8 Å². The molecule has 1 atom stereocenters. The molecule has 6 heteroatoms. The van der Waals surface area contributed by atoms with E-state index in [0.29, 0.717) is 5.75 Å². The average Bonchev–Trinajstić information content (AvgIpc) is 2.55. The van der Waals surface area contributed by atoms with Crippen molar-refractivity contribution in [3.05, 3.63) is 59.7 Å². The molecule has 130 valence electrons. The van der Waals surface area contributed by atoms with Crippen LogP contribution in [0.3, 0.4) is 0 Å². The number of rotatable bonds is 8. The Bertz CT molecular complexity index is 740. The van der Waals surface area contributed by atoms with Crippen LogP contribution in [-0.4, -0.2) is 28.2 Å². The molecule has 0 amide bonds. The Hall–Kier alpha value is -2.05. The molecule has 24 heavy (non-hydrogen) atoms. The molecule has 0 radical (unpaired) electrons. The molecule has 2 aromatic carbocycles. The monoisotopic (exact) mass is 349 g/mol. The fraction of sp³-hybridized carbons (Fsp3) is 0.333. The van der Waals surface area contributed by atoms with Crippen molar-refractivity contribution in [1.29, 1.82) is 0 Å². The van der Waals surface area contributed by atoms with Crippen LogP contribution in [0.5, 0.6) is 11.5 Å². The third-order valence-electron chi connectivity index (χ3n) is 3.42. The van der Waals surface area contributed by atoms with E-state index >= 15 is 0 Å². The largest absolute Gasteiger partial charge is 0.497 e. The van der Waals surface area contributed by atoms with E-state index in [-0.39, 0.29) is 18.4 Å². The molecule has 0 saturated heterocycles. The number of hydrogen-bond acceptors (Lipinski definition) is 4. The van der Waals surface area contributed by atoms with E-state index in [1.54, 1.807) is 38.3 Å². The van der Waals surface area contributed by atoms with Gasteiger partial charge in [0.25, 0.3) is 0 Å². The maximum absolute atomic E-state index is 12.2. The Morgan fingerprint density at radius 2 is 1.58 bits per heavy atom. The second-order valence-corrected chi connectivity index (χ2v) is 7.50. The van der Waals surface area contributed by atoms with Crippen molar-refractivity contribution >= 4 is 10.0 Å². The van der Waals surface area contributed by atoms with Crippen LogP contribution in [0.2, 0.25) is 0 Å². The smallest absolute Gasteiger partial charge is 0.216 e. The molecule has 0 spiro atoms. The van der Waals surface area contributed by atoms with Gasteiger partial charge in [0.1, 0.15) is 18.1 Å². The van der Waals surface area contributed by atoms with Crippen LogP contribution >= 0.6 is 0 Å². The van der Waals surface area contributed by atoms with Gasteiger partial charge in [-0.05, 0) is 43.7 Å². The number of aryl methyl sites for hydroxylation is 1. The van der Waals surface area contributed by atoms with Crippen molar-refractivity contribution in [3.8, 4) is 11.5 Å². The zero-order valence-corrected chi connectivity index (χ0v) is 15.0. The minimum Gasteiger partial charge on any atom is -0.497 e. The topological polar surface area (TPSA) is 64.6 Å². The van der Waals surface area contributed by atoms with Gasteiger partial charge in [0.2, 0.25) is 10.0 Å². The lowest BCUT2D eigenvalue weighted by Crippen LogP contribution is -2.37. The Balaban J connectivity index is 1.85. The van der Waals surface area contributed by atoms with Gasteiger partial charge in [0, 0.05) is 0 Å². The van der Waals surface area contributed by atoms with Crippen molar-refractivity contribution in [2.45, 2.75) is 25.6 Å². The van der Waals surface area contributed by atoms with Crippen LogP contribution in [0, 0.1) is 6.92 Å². The lowest BCUT2D eigenvalue weighted by molar-refractivity contribution is 0.287. The molecule has 0 aliphatic rings. The molecule has 2 rings (SSSR count). The summed E-state index contributed by atoms with van der Waals surface area (Å²) in [6.07, 6.45) is 0. The van der Waals surface area contributed by atoms with Gasteiger partial charge in [-0.3, -0.25) is 0 Å². The predicted molar refractivity (Wildman–Crippen MR) is 94.9 cm³/mol. The molecule has 0 aliphatic carbocycles. The zero-order valence-electron chi connectivity index (χ0n) is 14.2. The van der Waals surface area contributed by atoms with E-state index in [1.165, 1.54) is 0 Å². The SMILES string of the molecule is COc1ccc(OCC(C)NS(=O)(=O)Cc2ccc(C)cc2)cc1. The Morgan fingerprint density at radius 1 is 1.00 bits per heavy atom. The van der Waals surface area contributed by atoms with Crippen LogP contribution in [0.4, 0.5) is 0 Å². The van der Waals surface area contributed by atoms with Crippen molar-refractivity contribution in [3.63, 3.8) is 0 Å². The molecule has 2 aromatic rings. The fourth-order valence-corrected chi connectivity index (χ4v) is 3.57. The van der Waals surface area contributed by atoms with Gasteiger partial charge in [-0.25, -0.2) is 13.1 Å². The normalized spacial score (nSPS) is 12.6. The molecule has 1 unspecified atom stereocenters. The third-order valence-corrected chi connectivity index (χ3v) is 4.89. The van der Waals surface area contributed by atoms with Gasteiger partial charge in [-0.1, -0.05) is 29.8 Å². The highest BCUT2D eigenvalue weighted by atomic mass is 32.2. The van der Waals surface area contributed by atoms with Crippen LogP contribution in [0.15, 0.2) is 48.5 Å². The first kappa shape index (κ1) is 18.3. The molecule has 0 saturated carbocycles. The highest BCUT2D eigenvalue weighted by Crippen LogP contribution is 2.17. The summed E-state index contributed by atoms with van der Waals surface area (Å²) in [7, 11) is -1.81. The van der Waals surface area contributed by atoms with Crippen molar-refractivity contribution in [2.75, 3.05) is 13.7 Å². The van der Waals surface area contributed by atoms with Gasteiger partial charge in [0.05, 0.1) is 18.9 Å². The van der Waals surface area contributed by atoms with E-state index in [0.717, 1.165) is 16.9 Å². The summed E-state index contributed by atoms with van der Waals surface area (Å²) in [5.41, 5.74) is 1.86. The van der Waals surface area contributed by atoms with Crippen molar-refractivity contribution in [2.24, 2.45) is 0 Å². The zero-order chi connectivity index (χ0) is 17.6. The minimum absolute atomic E-state index is 0.0415. The molecule has 0 aliphatic heterocycles. The number of hydrogen-bond donors (Lipinski definition) is 1. The van der Waals surface area contributed by atoms with Crippen molar-refractivity contribution in [1.82, 2.24) is 4.72 Å². The van der Waals surface area contributed by atoms with E-state index in [9.17, 15) is 8.42 Å². The highest BCUT2D eigenvalue weighted by molar-refractivity contribution is 7.88. The first-order valence-corrected chi connectivity index (χ1v) is 9.35. The molecule has 0 fully saturated rings. The first-order valence-electron chi connectivity index (χ1n) is 7.70. The molecule has 5 nitrogen and oxygen atoms in total. The average molecular weight is 349 g/mol. The van der Waals surface area contributed by atoms with E-state index in [2.05, 4.69) is 4.72 Å². The number of methoxy groups -OCH3 is 1. The maximum atomic E-state index is 12.2. The van der Waals surface area contributed by atoms with E-state index < -0.39 is 10.0 Å². The summed E-state index contributed by atoms with van der Waals surface area (Å²) in [6.45, 7) is 3.99. The van der Waals surface area contributed by atoms with Crippen LogP contribution in [0.25, 0.3) is 0 Å². The quantitative estimate of drug-likeness (QED) is 0.796. The molecule has 0 aromatic heterocycles. The maximum Gasteiger partial charge on any atom is 0.216 e. The van der Waals surface area contributed by atoms with Gasteiger partial charge < -0.3 is 9.47 Å². The standard InChI is InChI=1S/C18H23NO4S/c1-14-4-6-16(7-5-14)13-24(20,21)19-15(2)12-23-18-10-8-17(22-3)9-11-18/h4-11,15,19H,12-13H2,1-3H3. The fourth-order valence-electron chi connectivity index (χ4n) is 2.18. The number of ether oxygens (including phenoxy) is 2. The number of benzene rings is 2. The summed E-state index contributed by atoms with van der Waals surface area (Å²) >= 11 is 0. The highest BCUT2D eigenvalue weighted by Gasteiger charge is 2.15. The summed E-state index contributed by atoms with van der Waals surface area (Å²) in [4.78, 5) is 0. The van der Waals surface area contributed by atoms with E-state index in [4.69, 9.17) is 9.47 Å². The Morgan fingerprint density at radius 3 is 2.17 bits per heavy atom. The molecular formula is C18H23NO4S. The lowest BCUT2D eigenvalue weighted by Gasteiger charge is -2.15. The summed E-state index contributed by atoms with van der Waals surface area (Å²) in [5.74, 6) is 1.37. The molecule has 0 heterocycles. The Labute approximate surface area is 143 Å². The van der Waals surface area contributed by atoms with Gasteiger partial charge in [0.15, 0.2) is 0 Å². The summed E-state index contributed by atoms with van der Waals surface area (Å²) in [6, 6.07) is 14.3. The van der Waals surface area contributed by atoms with Gasteiger partial charge >= 0.3 is 0 Å². The van der Waals surface area contributed by atoms with Gasteiger partial charge in [-0.15, -0.1) is 0 Å². The van der Waals surface area contributed by atoms with Crippen LogP contribution in [0.1, 0.15) is 18.1 Å². The van der Waals surface area contributed by atoms with E-state index in [1.807, 2.05) is 31.2 Å². The summed E-state index contributed by atoms with van der Waals surface area (Å²) < 4.78 is 37.7. The third kappa shape index (κ3) is 5.86. The number of nitrogens with one attached hydrogen (secondary N) is 1. The van der Waals surface area contributed by atoms with Gasteiger partial charge in [-0.2, -0.15) is 0 Å².